The minimum absolute atomic E-state index is 0.0154. The van der Waals surface area contributed by atoms with Crippen LogP contribution in [0.4, 0.5) is 5.69 Å². The third-order valence-electron chi connectivity index (χ3n) is 3.95. The Morgan fingerprint density at radius 3 is 2.29 bits per heavy atom. The molecule has 0 aliphatic carbocycles. The maximum atomic E-state index is 12.7. The summed E-state index contributed by atoms with van der Waals surface area (Å²) in [5, 5.41) is 0. The van der Waals surface area contributed by atoms with Crippen molar-refractivity contribution in [3.63, 3.8) is 0 Å². The second kappa shape index (κ2) is 5.90. The molecular weight excluding hydrogens is 328 g/mol. The normalized spacial score (nSPS) is 14.4. The van der Waals surface area contributed by atoms with E-state index in [4.69, 9.17) is 5.73 Å². The number of carbonyl (C=O) groups is 1. The van der Waals surface area contributed by atoms with Gasteiger partial charge in [-0.25, -0.2) is 0 Å². The lowest BCUT2D eigenvalue weighted by Gasteiger charge is -2.21. The Morgan fingerprint density at radius 1 is 1.05 bits per heavy atom. The molecule has 2 aromatic rings. The molecule has 0 saturated heterocycles. The Kier molecular flexibility index (Phi) is 3.97. The Labute approximate surface area is 132 Å². The molecule has 0 radical (unpaired) electrons. The zero-order chi connectivity index (χ0) is 14.8. The molecule has 3 rings (SSSR count). The molecule has 3 nitrogen and oxygen atoms in total. The molecule has 1 amide bonds. The van der Waals surface area contributed by atoms with Gasteiger partial charge >= 0.3 is 0 Å². The van der Waals surface area contributed by atoms with E-state index in [1.165, 1.54) is 11.1 Å². The molecular formula is C17H17BrN2O. The van der Waals surface area contributed by atoms with Gasteiger partial charge in [0.1, 0.15) is 0 Å². The molecule has 0 aromatic heterocycles. The second-order valence-electron chi connectivity index (χ2n) is 5.29. The topological polar surface area (TPSA) is 46.3 Å². The van der Waals surface area contributed by atoms with Crippen LogP contribution in [0.2, 0.25) is 0 Å². The van der Waals surface area contributed by atoms with E-state index < -0.39 is 0 Å². The monoisotopic (exact) mass is 344 g/mol. The summed E-state index contributed by atoms with van der Waals surface area (Å²) in [5.41, 5.74) is 9.75. The second-order valence-corrected chi connectivity index (χ2v) is 6.21. The number of fused-ring (bicyclic) bond motifs is 1. The molecule has 2 N–H and O–H groups in total. The number of carbonyl (C=O) groups excluding carboxylic acids is 1. The predicted molar refractivity (Wildman–Crippen MR) is 88.3 cm³/mol. The minimum Gasteiger partial charge on any atom is -0.398 e. The van der Waals surface area contributed by atoms with Crippen molar-refractivity contribution in [3.8, 4) is 0 Å². The summed E-state index contributed by atoms with van der Waals surface area (Å²) in [7, 11) is 0. The molecule has 1 aliphatic rings. The summed E-state index contributed by atoms with van der Waals surface area (Å²) in [6.07, 6.45) is 1.80. The van der Waals surface area contributed by atoms with Crippen molar-refractivity contribution >= 4 is 27.5 Å². The van der Waals surface area contributed by atoms with E-state index in [0.29, 0.717) is 11.3 Å². The van der Waals surface area contributed by atoms with Crippen LogP contribution in [-0.4, -0.2) is 23.9 Å². The molecule has 0 unspecified atom stereocenters. The minimum atomic E-state index is 0.0154. The zero-order valence-electron chi connectivity index (χ0n) is 11.7. The van der Waals surface area contributed by atoms with Crippen molar-refractivity contribution in [2.75, 3.05) is 18.8 Å². The summed E-state index contributed by atoms with van der Waals surface area (Å²) in [4.78, 5) is 14.6. The molecule has 21 heavy (non-hydrogen) atoms. The highest BCUT2D eigenvalue weighted by atomic mass is 79.9. The Morgan fingerprint density at radius 2 is 1.67 bits per heavy atom. The lowest BCUT2D eigenvalue weighted by atomic mass is 10.0. The van der Waals surface area contributed by atoms with Gasteiger partial charge in [-0.05, 0) is 42.2 Å². The van der Waals surface area contributed by atoms with Gasteiger partial charge in [0.2, 0.25) is 0 Å². The van der Waals surface area contributed by atoms with Crippen LogP contribution in [0, 0.1) is 0 Å². The van der Waals surface area contributed by atoms with E-state index in [1.54, 1.807) is 12.1 Å². The number of amides is 1. The standard InChI is InChI=1S/C17H17BrN2O/c18-14-5-6-16(19)15(11-14)17(21)20-9-7-12-3-1-2-4-13(12)8-10-20/h1-6,11H,7-10,19H2. The summed E-state index contributed by atoms with van der Waals surface area (Å²) in [5.74, 6) is 0.0154. The van der Waals surface area contributed by atoms with Crippen LogP contribution in [-0.2, 0) is 12.8 Å². The van der Waals surface area contributed by atoms with Gasteiger partial charge in [0.05, 0.1) is 5.56 Å². The fourth-order valence-electron chi connectivity index (χ4n) is 2.76. The largest absolute Gasteiger partial charge is 0.398 e. The molecule has 0 saturated carbocycles. The lowest BCUT2D eigenvalue weighted by Crippen LogP contribution is -2.33. The van der Waals surface area contributed by atoms with Gasteiger partial charge in [-0.2, -0.15) is 0 Å². The van der Waals surface area contributed by atoms with E-state index in [1.807, 2.05) is 11.0 Å². The molecule has 1 heterocycles. The SMILES string of the molecule is Nc1ccc(Br)cc1C(=O)N1CCc2ccccc2CC1. The Hall–Kier alpha value is -1.81. The van der Waals surface area contributed by atoms with Gasteiger partial charge in [0.25, 0.3) is 5.91 Å². The van der Waals surface area contributed by atoms with Crippen molar-refractivity contribution < 1.29 is 4.79 Å². The first-order chi connectivity index (χ1) is 10.1. The number of nitrogen functional groups attached to an aromatic ring is 1. The van der Waals surface area contributed by atoms with Crippen LogP contribution < -0.4 is 5.73 Å². The van der Waals surface area contributed by atoms with E-state index >= 15 is 0 Å². The summed E-state index contributed by atoms with van der Waals surface area (Å²) in [6.45, 7) is 1.48. The summed E-state index contributed by atoms with van der Waals surface area (Å²) in [6, 6.07) is 13.8. The third-order valence-corrected chi connectivity index (χ3v) is 4.45. The fraction of sp³-hybridized carbons (Fsp3) is 0.235. The quantitative estimate of drug-likeness (QED) is 0.807. The van der Waals surface area contributed by atoms with Crippen molar-refractivity contribution in [1.82, 2.24) is 4.90 Å². The molecule has 0 atom stereocenters. The average Bonchev–Trinajstić information content (AvgIpc) is 2.71. The van der Waals surface area contributed by atoms with Crippen LogP contribution >= 0.6 is 15.9 Å². The van der Waals surface area contributed by atoms with E-state index in [9.17, 15) is 4.79 Å². The van der Waals surface area contributed by atoms with Gasteiger partial charge in [0, 0.05) is 23.2 Å². The molecule has 4 heteroatoms. The van der Waals surface area contributed by atoms with Crippen molar-refractivity contribution in [2.45, 2.75) is 12.8 Å². The smallest absolute Gasteiger partial charge is 0.256 e. The third kappa shape index (κ3) is 2.95. The van der Waals surface area contributed by atoms with Crippen molar-refractivity contribution in [3.05, 3.63) is 63.6 Å². The molecule has 0 spiro atoms. The predicted octanol–water partition coefficient (Wildman–Crippen LogP) is 3.27. The van der Waals surface area contributed by atoms with Crippen LogP contribution in [0.3, 0.4) is 0 Å². The number of halogens is 1. The first-order valence-corrected chi connectivity index (χ1v) is 7.85. The molecule has 108 valence electrons. The first-order valence-electron chi connectivity index (χ1n) is 7.06. The number of hydrogen-bond donors (Lipinski definition) is 1. The fourth-order valence-corrected chi connectivity index (χ4v) is 3.12. The van der Waals surface area contributed by atoms with Crippen LogP contribution in [0.15, 0.2) is 46.9 Å². The van der Waals surface area contributed by atoms with Gasteiger partial charge < -0.3 is 10.6 Å². The molecule has 0 fully saturated rings. The number of hydrogen-bond acceptors (Lipinski definition) is 2. The summed E-state index contributed by atoms with van der Waals surface area (Å²) < 4.78 is 0.873. The highest BCUT2D eigenvalue weighted by molar-refractivity contribution is 9.10. The Bertz CT molecular complexity index is 657. The van der Waals surface area contributed by atoms with Crippen LogP contribution in [0.5, 0.6) is 0 Å². The first kappa shape index (κ1) is 14.1. The average molecular weight is 345 g/mol. The van der Waals surface area contributed by atoms with E-state index in [2.05, 4.69) is 40.2 Å². The maximum absolute atomic E-state index is 12.7. The van der Waals surface area contributed by atoms with E-state index in [-0.39, 0.29) is 5.91 Å². The molecule has 2 aromatic carbocycles. The molecule has 1 aliphatic heterocycles. The lowest BCUT2D eigenvalue weighted by molar-refractivity contribution is 0.0764. The number of benzene rings is 2. The van der Waals surface area contributed by atoms with Gasteiger partial charge in [-0.1, -0.05) is 40.2 Å². The number of anilines is 1. The van der Waals surface area contributed by atoms with Gasteiger partial charge in [-0.3, -0.25) is 4.79 Å². The number of nitrogens with two attached hydrogens (primary N) is 1. The van der Waals surface area contributed by atoms with Crippen molar-refractivity contribution in [1.29, 1.82) is 0 Å². The van der Waals surface area contributed by atoms with Crippen molar-refractivity contribution in [2.24, 2.45) is 0 Å². The maximum Gasteiger partial charge on any atom is 0.256 e. The van der Waals surface area contributed by atoms with Crippen LogP contribution in [0.25, 0.3) is 0 Å². The van der Waals surface area contributed by atoms with E-state index in [0.717, 1.165) is 30.4 Å². The zero-order valence-corrected chi connectivity index (χ0v) is 13.3. The van der Waals surface area contributed by atoms with Gasteiger partial charge in [-0.15, -0.1) is 0 Å². The van der Waals surface area contributed by atoms with Crippen LogP contribution in [0.1, 0.15) is 21.5 Å². The van der Waals surface area contributed by atoms with Gasteiger partial charge in [0.15, 0.2) is 0 Å². The highest BCUT2D eigenvalue weighted by Gasteiger charge is 2.21. The summed E-state index contributed by atoms with van der Waals surface area (Å²) >= 11 is 3.40. The highest BCUT2D eigenvalue weighted by Crippen LogP contribution is 2.22. The number of nitrogens with zero attached hydrogens (tertiary/aromatic N) is 1. The molecule has 0 bridgehead atoms. The number of rotatable bonds is 1. The Balaban J connectivity index is 1.82.